The van der Waals surface area contributed by atoms with Crippen LogP contribution < -0.4 is 10.5 Å². The number of benzene rings is 1. The molecule has 1 aliphatic rings. The lowest BCUT2D eigenvalue weighted by Gasteiger charge is -2.33. The van der Waals surface area contributed by atoms with Crippen LogP contribution in [0.15, 0.2) is 24.3 Å². The minimum Gasteiger partial charge on any atom is -0.496 e. The van der Waals surface area contributed by atoms with Crippen LogP contribution in [0.3, 0.4) is 0 Å². The fourth-order valence-electron chi connectivity index (χ4n) is 3.44. The second-order valence-corrected chi connectivity index (χ2v) is 5.93. The number of hydrogen-bond acceptors (Lipinski definition) is 3. The molecular formula is C17H28N2O. The highest BCUT2D eigenvalue weighted by Crippen LogP contribution is 2.28. The van der Waals surface area contributed by atoms with Gasteiger partial charge in [-0.1, -0.05) is 37.5 Å². The van der Waals surface area contributed by atoms with E-state index in [1.807, 2.05) is 12.1 Å². The first-order chi connectivity index (χ1) is 9.76. The van der Waals surface area contributed by atoms with Gasteiger partial charge in [0.1, 0.15) is 5.75 Å². The number of ether oxygens (including phenoxy) is 1. The molecule has 2 atom stereocenters. The molecule has 1 aromatic carbocycles. The molecule has 1 aliphatic carbocycles. The van der Waals surface area contributed by atoms with Crippen LogP contribution >= 0.6 is 0 Å². The van der Waals surface area contributed by atoms with E-state index < -0.39 is 0 Å². The van der Waals surface area contributed by atoms with Crippen molar-refractivity contribution < 1.29 is 4.74 Å². The average molecular weight is 276 g/mol. The summed E-state index contributed by atoms with van der Waals surface area (Å²) in [4.78, 5) is 2.47. The van der Waals surface area contributed by atoms with Gasteiger partial charge in [0, 0.05) is 18.2 Å². The van der Waals surface area contributed by atoms with Crippen molar-refractivity contribution in [2.75, 3.05) is 20.7 Å². The summed E-state index contributed by atoms with van der Waals surface area (Å²) in [5.74, 6) is 1.62. The molecular weight excluding hydrogens is 248 g/mol. The van der Waals surface area contributed by atoms with Crippen LogP contribution in [-0.4, -0.2) is 31.6 Å². The lowest BCUT2D eigenvalue weighted by molar-refractivity contribution is 0.159. The van der Waals surface area contributed by atoms with E-state index in [0.29, 0.717) is 12.0 Å². The third-order valence-electron chi connectivity index (χ3n) is 4.60. The van der Waals surface area contributed by atoms with Gasteiger partial charge in [-0.25, -0.2) is 0 Å². The number of rotatable bonds is 5. The minimum atomic E-state index is 0.604. The largest absolute Gasteiger partial charge is 0.496 e. The number of para-hydroxylation sites is 1. The lowest BCUT2D eigenvalue weighted by atomic mass is 9.93. The van der Waals surface area contributed by atoms with E-state index in [9.17, 15) is 0 Å². The maximum atomic E-state index is 6.00. The van der Waals surface area contributed by atoms with E-state index in [0.717, 1.165) is 18.8 Å². The van der Waals surface area contributed by atoms with Gasteiger partial charge in [0.05, 0.1) is 7.11 Å². The summed E-state index contributed by atoms with van der Waals surface area (Å²) in [7, 11) is 3.97. The quantitative estimate of drug-likeness (QED) is 0.840. The zero-order chi connectivity index (χ0) is 14.4. The average Bonchev–Trinajstić information content (AvgIpc) is 2.73. The molecule has 0 heterocycles. The van der Waals surface area contributed by atoms with E-state index in [-0.39, 0.29) is 0 Å². The fourth-order valence-corrected chi connectivity index (χ4v) is 3.44. The van der Waals surface area contributed by atoms with Gasteiger partial charge in [-0.15, -0.1) is 0 Å². The first-order valence-corrected chi connectivity index (χ1v) is 7.78. The third kappa shape index (κ3) is 3.74. The van der Waals surface area contributed by atoms with E-state index in [2.05, 4.69) is 24.1 Å². The van der Waals surface area contributed by atoms with Crippen molar-refractivity contribution in [3.63, 3.8) is 0 Å². The number of nitrogens with zero attached hydrogens (tertiary/aromatic N) is 1. The number of nitrogens with two attached hydrogens (primary N) is 1. The molecule has 3 heteroatoms. The Balaban J connectivity index is 2.07. The minimum absolute atomic E-state index is 0.604. The van der Waals surface area contributed by atoms with Gasteiger partial charge in [0.2, 0.25) is 0 Å². The van der Waals surface area contributed by atoms with Gasteiger partial charge < -0.3 is 10.5 Å². The van der Waals surface area contributed by atoms with Crippen LogP contribution in [0.5, 0.6) is 5.75 Å². The first kappa shape index (κ1) is 15.3. The van der Waals surface area contributed by atoms with Gasteiger partial charge in [-0.05, 0) is 38.4 Å². The van der Waals surface area contributed by atoms with Gasteiger partial charge >= 0.3 is 0 Å². The molecule has 1 aromatic rings. The predicted molar refractivity (Wildman–Crippen MR) is 83.9 cm³/mol. The van der Waals surface area contributed by atoms with E-state index in [1.165, 1.54) is 37.7 Å². The Labute approximate surface area is 123 Å². The Hall–Kier alpha value is -1.06. The summed E-state index contributed by atoms with van der Waals surface area (Å²) in [6, 6.07) is 8.91. The van der Waals surface area contributed by atoms with Gasteiger partial charge in [-0.2, -0.15) is 0 Å². The molecule has 1 saturated carbocycles. The predicted octanol–water partition coefficient (Wildman–Crippen LogP) is 3.03. The monoisotopic (exact) mass is 276 g/mol. The standard InChI is InChI=1S/C17H28N2O/c1-19(13-15-9-6-7-11-17(15)20-2)16-10-5-3-4-8-14(16)12-18/h6-7,9,11,14,16H,3-5,8,10,12-13,18H2,1-2H3. The second kappa shape index (κ2) is 7.65. The summed E-state index contributed by atoms with van der Waals surface area (Å²) in [6.07, 6.45) is 6.57. The maximum absolute atomic E-state index is 6.00. The van der Waals surface area contributed by atoms with Crippen LogP contribution in [0.25, 0.3) is 0 Å². The Morgan fingerprint density at radius 3 is 2.70 bits per heavy atom. The van der Waals surface area contributed by atoms with Crippen LogP contribution in [0.1, 0.15) is 37.7 Å². The Bertz CT molecular complexity index is 408. The number of methoxy groups -OCH3 is 1. The van der Waals surface area contributed by atoms with Crippen molar-refractivity contribution in [3.8, 4) is 5.75 Å². The Kier molecular flexibility index (Phi) is 5.86. The molecule has 0 radical (unpaired) electrons. The molecule has 0 aromatic heterocycles. The summed E-state index contributed by atoms with van der Waals surface area (Å²) in [6.45, 7) is 1.74. The van der Waals surface area contributed by atoms with Crippen LogP contribution in [-0.2, 0) is 6.54 Å². The SMILES string of the molecule is COc1ccccc1CN(C)C1CCCCCC1CN. The highest BCUT2D eigenvalue weighted by atomic mass is 16.5. The third-order valence-corrected chi connectivity index (χ3v) is 4.60. The van der Waals surface area contributed by atoms with Gasteiger partial charge in [0.15, 0.2) is 0 Å². The molecule has 0 amide bonds. The molecule has 3 nitrogen and oxygen atoms in total. The van der Waals surface area contributed by atoms with E-state index in [4.69, 9.17) is 10.5 Å². The van der Waals surface area contributed by atoms with Crippen molar-refractivity contribution in [1.29, 1.82) is 0 Å². The van der Waals surface area contributed by atoms with Crippen molar-refractivity contribution in [2.45, 2.75) is 44.7 Å². The molecule has 1 fully saturated rings. The lowest BCUT2D eigenvalue weighted by Crippen LogP contribution is -2.40. The Morgan fingerprint density at radius 2 is 1.95 bits per heavy atom. The summed E-state index contributed by atoms with van der Waals surface area (Å²) < 4.78 is 5.46. The highest BCUT2D eigenvalue weighted by Gasteiger charge is 2.26. The van der Waals surface area contributed by atoms with Crippen molar-refractivity contribution in [3.05, 3.63) is 29.8 Å². The van der Waals surface area contributed by atoms with Gasteiger partial charge in [-0.3, -0.25) is 4.90 Å². The molecule has 2 N–H and O–H groups in total. The topological polar surface area (TPSA) is 38.5 Å². The second-order valence-electron chi connectivity index (χ2n) is 5.93. The van der Waals surface area contributed by atoms with Crippen LogP contribution in [0, 0.1) is 5.92 Å². The zero-order valence-corrected chi connectivity index (χ0v) is 12.8. The van der Waals surface area contributed by atoms with Crippen LogP contribution in [0.4, 0.5) is 0 Å². The molecule has 0 saturated heterocycles. The highest BCUT2D eigenvalue weighted by molar-refractivity contribution is 5.33. The molecule has 0 aliphatic heterocycles. The smallest absolute Gasteiger partial charge is 0.123 e. The van der Waals surface area contributed by atoms with Crippen LogP contribution in [0.2, 0.25) is 0 Å². The summed E-state index contributed by atoms with van der Waals surface area (Å²) >= 11 is 0. The molecule has 112 valence electrons. The Morgan fingerprint density at radius 1 is 1.20 bits per heavy atom. The van der Waals surface area contributed by atoms with E-state index in [1.54, 1.807) is 7.11 Å². The fraction of sp³-hybridized carbons (Fsp3) is 0.647. The molecule has 0 spiro atoms. The van der Waals surface area contributed by atoms with Gasteiger partial charge in [0.25, 0.3) is 0 Å². The molecule has 20 heavy (non-hydrogen) atoms. The van der Waals surface area contributed by atoms with E-state index >= 15 is 0 Å². The molecule has 0 bridgehead atoms. The summed E-state index contributed by atoms with van der Waals surface area (Å²) in [5.41, 5.74) is 7.26. The van der Waals surface area contributed by atoms with Crippen molar-refractivity contribution >= 4 is 0 Å². The molecule has 2 rings (SSSR count). The summed E-state index contributed by atoms with van der Waals surface area (Å²) in [5, 5.41) is 0. The first-order valence-electron chi connectivity index (χ1n) is 7.78. The maximum Gasteiger partial charge on any atom is 0.123 e. The molecule has 2 unspecified atom stereocenters. The van der Waals surface area contributed by atoms with Crippen molar-refractivity contribution in [1.82, 2.24) is 4.90 Å². The van der Waals surface area contributed by atoms with Crippen molar-refractivity contribution in [2.24, 2.45) is 11.7 Å². The number of hydrogen-bond donors (Lipinski definition) is 1. The zero-order valence-electron chi connectivity index (χ0n) is 12.8. The normalized spacial score (nSPS) is 23.6.